The Bertz CT molecular complexity index is 443. The van der Waals surface area contributed by atoms with Crippen molar-refractivity contribution in [2.75, 3.05) is 0 Å². The van der Waals surface area contributed by atoms with Crippen molar-refractivity contribution in [1.29, 1.82) is 0 Å². The average Bonchev–Trinajstić information content (AvgIpc) is 2.86. The van der Waals surface area contributed by atoms with Crippen molar-refractivity contribution in [3.05, 3.63) is 35.5 Å². The first-order chi connectivity index (χ1) is 8.83. The Kier molecular flexibility index (Phi) is 2.51. The molecule has 0 radical (unpaired) electrons. The maximum atomic E-state index is 9.85. The summed E-state index contributed by atoms with van der Waals surface area (Å²) in [6, 6.07) is 0. The zero-order valence-electron chi connectivity index (χ0n) is 10.9. The lowest BCUT2D eigenvalue weighted by Crippen LogP contribution is -2.37. The fraction of sp³-hybridized carbons (Fsp3) is 0.647. The van der Waals surface area contributed by atoms with Gasteiger partial charge in [-0.15, -0.1) is 0 Å². The SMILES string of the molecule is OC1CC[C@@H]2C3=CC=C4C=CC[C@H]4[C@@H]3CCC2C1. The summed E-state index contributed by atoms with van der Waals surface area (Å²) in [6.07, 6.45) is 16.7. The van der Waals surface area contributed by atoms with Crippen LogP contribution in [-0.4, -0.2) is 11.2 Å². The molecule has 0 bridgehead atoms. The second-order valence-electron chi connectivity index (χ2n) is 6.60. The lowest BCUT2D eigenvalue weighted by Gasteiger charge is -2.46. The lowest BCUT2D eigenvalue weighted by atomic mass is 9.59. The van der Waals surface area contributed by atoms with E-state index in [1.807, 2.05) is 0 Å². The zero-order chi connectivity index (χ0) is 12.1. The number of hydrogen-bond acceptors (Lipinski definition) is 1. The Balaban J connectivity index is 1.65. The monoisotopic (exact) mass is 242 g/mol. The molecule has 0 spiro atoms. The van der Waals surface area contributed by atoms with Crippen LogP contribution in [0.3, 0.4) is 0 Å². The van der Waals surface area contributed by atoms with E-state index in [0.717, 1.165) is 36.5 Å². The van der Waals surface area contributed by atoms with Crippen molar-refractivity contribution in [3.63, 3.8) is 0 Å². The van der Waals surface area contributed by atoms with Gasteiger partial charge in [-0.1, -0.05) is 29.9 Å². The van der Waals surface area contributed by atoms with Crippen molar-refractivity contribution in [3.8, 4) is 0 Å². The minimum absolute atomic E-state index is 0.0220. The van der Waals surface area contributed by atoms with Crippen LogP contribution >= 0.6 is 0 Å². The first-order valence-electron chi connectivity index (χ1n) is 7.59. The molecule has 2 unspecified atom stereocenters. The third kappa shape index (κ3) is 1.56. The fourth-order valence-electron chi connectivity index (χ4n) is 4.89. The highest BCUT2D eigenvalue weighted by Gasteiger charge is 2.42. The van der Waals surface area contributed by atoms with Crippen molar-refractivity contribution >= 4 is 0 Å². The maximum Gasteiger partial charge on any atom is 0.0543 e. The van der Waals surface area contributed by atoms with E-state index in [1.165, 1.54) is 25.7 Å². The molecule has 0 saturated heterocycles. The van der Waals surface area contributed by atoms with E-state index < -0.39 is 0 Å². The molecule has 4 aliphatic carbocycles. The van der Waals surface area contributed by atoms with Gasteiger partial charge in [-0.3, -0.25) is 0 Å². The van der Waals surface area contributed by atoms with E-state index in [0.29, 0.717) is 0 Å². The molecular formula is C17H22O. The van der Waals surface area contributed by atoms with Gasteiger partial charge in [0.25, 0.3) is 0 Å². The number of fused-ring (bicyclic) bond motifs is 5. The van der Waals surface area contributed by atoms with Gasteiger partial charge in [-0.2, -0.15) is 0 Å². The molecule has 4 rings (SSSR count). The summed E-state index contributed by atoms with van der Waals surface area (Å²) in [7, 11) is 0. The van der Waals surface area contributed by atoms with E-state index in [-0.39, 0.29) is 6.10 Å². The molecule has 2 fully saturated rings. The highest BCUT2D eigenvalue weighted by Crippen LogP contribution is 2.52. The molecule has 0 aliphatic heterocycles. The molecule has 1 heteroatoms. The molecule has 0 aromatic rings. The van der Waals surface area contributed by atoms with Crippen molar-refractivity contribution in [2.45, 2.75) is 44.6 Å². The second-order valence-corrected chi connectivity index (χ2v) is 6.60. The number of hydrogen-bond donors (Lipinski definition) is 1. The van der Waals surface area contributed by atoms with E-state index in [4.69, 9.17) is 0 Å². The van der Waals surface area contributed by atoms with Crippen molar-refractivity contribution in [2.24, 2.45) is 23.7 Å². The van der Waals surface area contributed by atoms with Crippen LogP contribution in [0, 0.1) is 23.7 Å². The van der Waals surface area contributed by atoms with Crippen LogP contribution in [0.15, 0.2) is 35.5 Å². The minimum atomic E-state index is -0.0220. The third-order valence-corrected chi connectivity index (χ3v) is 5.74. The smallest absolute Gasteiger partial charge is 0.0543 e. The Morgan fingerprint density at radius 3 is 2.78 bits per heavy atom. The van der Waals surface area contributed by atoms with Crippen molar-refractivity contribution < 1.29 is 5.11 Å². The molecule has 18 heavy (non-hydrogen) atoms. The number of allylic oxidation sites excluding steroid dienone is 6. The number of aliphatic hydroxyl groups is 1. The predicted molar refractivity (Wildman–Crippen MR) is 73.0 cm³/mol. The molecule has 1 N–H and O–H groups in total. The molecule has 2 saturated carbocycles. The van der Waals surface area contributed by atoms with Gasteiger partial charge in [0.2, 0.25) is 0 Å². The molecule has 0 amide bonds. The van der Waals surface area contributed by atoms with Crippen LogP contribution in [0.2, 0.25) is 0 Å². The molecule has 1 nitrogen and oxygen atoms in total. The largest absolute Gasteiger partial charge is 0.393 e. The highest BCUT2D eigenvalue weighted by atomic mass is 16.3. The summed E-state index contributed by atoms with van der Waals surface area (Å²) in [5.74, 6) is 3.15. The van der Waals surface area contributed by atoms with Gasteiger partial charge in [0.05, 0.1) is 6.10 Å². The lowest BCUT2D eigenvalue weighted by molar-refractivity contribution is 0.0559. The van der Waals surface area contributed by atoms with Gasteiger partial charge in [0.15, 0.2) is 0 Å². The molecule has 0 heterocycles. The normalized spacial score (nSPS) is 45.7. The zero-order valence-corrected chi connectivity index (χ0v) is 10.9. The van der Waals surface area contributed by atoms with Gasteiger partial charge in [0.1, 0.15) is 0 Å². The summed E-state index contributed by atoms with van der Waals surface area (Å²) < 4.78 is 0. The molecule has 4 aliphatic rings. The summed E-state index contributed by atoms with van der Waals surface area (Å²) >= 11 is 0. The molecule has 0 aromatic carbocycles. The van der Waals surface area contributed by atoms with Gasteiger partial charge in [0, 0.05) is 0 Å². The van der Waals surface area contributed by atoms with Crippen LogP contribution in [0.1, 0.15) is 38.5 Å². The molecule has 96 valence electrons. The summed E-state index contributed by atoms with van der Waals surface area (Å²) in [4.78, 5) is 0. The van der Waals surface area contributed by atoms with E-state index >= 15 is 0 Å². The van der Waals surface area contributed by atoms with Gasteiger partial charge in [-0.25, -0.2) is 0 Å². The van der Waals surface area contributed by atoms with E-state index in [2.05, 4.69) is 24.3 Å². The Hall–Kier alpha value is -0.820. The minimum Gasteiger partial charge on any atom is -0.393 e. The predicted octanol–water partition coefficient (Wildman–Crippen LogP) is 3.62. The first-order valence-corrected chi connectivity index (χ1v) is 7.59. The van der Waals surface area contributed by atoms with Crippen molar-refractivity contribution in [1.82, 2.24) is 0 Å². The maximum absolute atomic E-state index is 9.85. The summed E-state index contributed by atoms with van der Waals surface area (Å²) in [6.45, 7) is 0. The first kappa shape index (κ1) is 11.0. The van der Waals surface area contributed by atoms with Crippen LogP contribution in [0.25, 0.3) is 0 Å². The summed E-state index contributed by atoms with van der Waals surface area (Å²) in [5.41, 5.74) is 3.30. The Morgan fingerprint density at radius 1 is 0.944 bits per heavy atom. The summed E-state index contributed by atoms with van der Waals surface area (Å²) in [5, 5.41) is 9.85. The average molecular weight is 242 g/mol. The molecule has 0 aromatic heterocycles. The van der Waals surface area contributed by atoms with Gasteiger partial charge in [-0.05, 0) is 67.8 Å². The van der Waals surface area contributed by atoms with Crippen LogP contribution in [0.5, 0.6) is 0 Å². The number of rotatable bonds is 0. The molecule has 5 atom stereocenters. The van der Waals surface area contributed by atoms with E-state index in [9.17, 15) is 5.11 Å². The van der Waals surface area contributed by atoms with Gasteiger partial charge < -0.3 is 5.11 Å². The van der Waals surface area contributed by atoms with Crippen LogP contribution in [-0.2, 0) is 0 Å². The fourth-order valence-corrected chi connectivity index (χ4v) is 4.89. The third-order valence-electron chi connectivity index (χ3n) is 5.74. The van der Waals surface area contributed by atoms with Crippen LogP contribution in [0.4, 0.5) is 0 Å². The quantitative estimate of drug-likeness (QED) is 0.688. The topological polar surface area (TPSA) is 20.2 Å². The Labute approximate surface area is 109 Å². The van der Waals surface area contributed by atoms with Crippen LogP contribution < -0.4 is 0 Å². The highest BCUT2D eigenvalue weighted by molar-refractivity contribution is 5.41. The number of aliphatic hydroxyl groups excluding tert-OH is 1. The standard InChI is InChI=1S/C17H22O/c18-13-6-9-15-12(10-13)5-8-16-14-3-1-2-11(14)4-7-17(15)16/h1-2,4,7,12-16,18H,3,5-6,8-10H2/t12?,13?,14-,15+,16+/m1/s1. The molecular weight excluding hydrogens is 220 g/mol. The second kappa shape index (κ2) is 4.09. The Morgan fingerprint density at radius 2 is 1.83 bits per heavy atom. The van der Waals surface area contributed by atoms with E-state index in [1.54, 1.807) is 11.1 Å². The van der Waals surface area contributed by atoms with Gasteiger partial charge >= 0.3 is 0 Å².